The first kappa shape index (κ1) is 26.5. The third kappa shape index (κ3) is 5.00. The van der Waals surface area contributed by atoms with Gasteiger partial charge in [-0.05, 0) is 56.0 Å². The molecule has 1 N–H and O–H groups in total. The summed E-state index contributed by atoms with van der Waals surface area (Å²) in [5.74, 6) is -0.813. The molecule has 3 heterocycles. The molecule has 0 saturated heterocycles. The highest BCUT2D eigenvalue weighted by molar-refractivity contribution is 7.98. The topological polar surface area (TPSA) is 111 Å². The first-order valence-corrected chi connectivity index (χ1v) is 14.1. The van der Waals surface area contributed by atoms with E-state index in [0.717, 1.165) is 10.5 Å². The van der Waals surface area contributed by atoms with Crippen molar-refractivity contribution in [2.24, 2.45) is 4.99 Å². The lowest BCUT2D eigenvalue weighted by atomic mass is 9.96. The van der Waals surface area contributed by atoms with Crippen LogP contribution in [-0.2, 0) is 9.53 Å². The van der Waals surface area contributed by atoms with Crippen LogP contribution in [0.4, 0.5) is 0 Å². The molecular weight excluding hydrogens is 536 g/mol. The lowest BCUT2D eigenvalue weighted by Gasteiger charge is -2.24. The summed E-state index contributed by atoms with van der Waals surface area (Å²) in [7, 11) is 0. The molecule has 0 amide bonds. The number of carbonyl (C=O) groups excluding carboxylic acids is 1. The van der Waals surface area contributed by atoms with Crippen LogP contribution in [0, 0.1) is 0 Å². The summed E-state index contributed by atoms with van der Waals surface area (Å²) in [4.78, 5) is 44.5. The minimum atomic E-state index is -1.06. The lowest BCUT2D eigenvalue weighted by Crippen LogP contribution is -2.39. The molecule has 0 fully saturated rings. The van der Waals surface area contributed by atoms with Crippen LogP contribution in [0.1, 0.15) is 41.6 Å². The standard InChI is InChI=1S/C29H24N2O6S2/c1-4-36-28(35)24-16(2)30-29-31(25(24)17-9-12-19(38-3)13-10-17)26(32)23(39-29)15-18-11-14-22(37-18)20-7-5-6-8-21(20)27(33)34/h5-15,25H,4H2,1-3H3,(H,33,34)/b23-15-. The van der Waals surface area contributed by atoms with Gasteiger partial charge >= 0.3 is 11.9 Å². The molecule has 39 heavy (non-hydrogen) atoms. The molecule has 10 heteroatoms. The zero-order chi connectivity index (χ0) is 27.7. The van der Waals surface area contributed by atoms with E-state index in [0.29, 0.717) is 37.7 Å². The average Bonchev–Trinajstić information content (AvgIpc) is 3.52. The number of benzene rings is 2. The van der Waals surface area contributed by atoms with E-state index in [1.54, 1.807) is 62.0 Å². The molecule has 4 aromatic rings. The Morgan fingerprint density at radius 3 is 2.59 bits per heavy atom. The molecular formula is C29H24N2O6S2. The molecule has 0 saturated carbocycles. The van der Waals surface area contributed by atoms with E-state index in [-0.39, 0.29) is 17.7 Å². The van der Waals surface area contributed by atoms with Crippen molar-refractivity contribution in [3.63, 3.8) is 0 Å². The number of hydrogen-bond donors (Lipinski definition) is 1. The Hall–Kier alpha value is -4.15. The Kier molecular flexibility index (Phi) is 7.40. The molecule has 8 nitrogen and oxygen atoms in total. The first-order chi connectivity index (χ1) is 18.8. The van der Waals surface area contributed by atoms with Gasteiger partial charge in [0.25, 0.3) is 5.56 Å². The summed E-state index contributed by atoms with van der Waals surface area (Å²) >= 11 is 2.79. The third-order valence-corrected chi connectivity index (χ3v) is 8.00. The number of esters is 1. The van der Waals surface area contributed by atoms with Crippen molar-refractivity contribution in [2.75, 3.05) is 12.9 Å². The number of ether oxygens (including phenoxy) is 1. The van der Waals surface area contributed by atoms with Gasteiger partial charge in [0.1, 0.15) is 11.5 Å². The highest BCUT2D eigenvalue weighted by Gasteiger charge is 2.33. The number of aromatic carboxylic acids is 1. The van der Waals surface area contributed by atoms with Gasteiger partial charge in [-0.15, -0.1) is 11.8 Å². The number of thioether (sulfide) groups is 1. The van der Waals surface area contributed by atoms with Gasteiger partial charge in [0.15, 0.2) is 4.80 Å². The second kappa shape index (κ2) is 10.9. The van der Waals surface area contributed by atoms with E-state index in [9.17, 15) is 19.5 Å². The molecule has 1 unspecified atom stereocenters. The summed E-state index contributed by atoms with van der Waals surface area (Å²) in [6, 6.07) is 16.9. The number of allylic oxidation sites excluding steroid dienone is 1. The van der Waals surface area contributed by atoms with E-state index < -0.39 is 18.0 Å². The van der Waals surface area contributed by atoms with Crippen LogP contribution < -0.4 is 14.9 Å². The fourth-order valence-electron chi connectivity index (χ4n) is 4.48. The second-order valence-corrected chi connectivity index (χ2v) is 10.5. The Balaban J connectivity index is 1.63. The average molecular weight is 561 g/mol. The SMILES string of the molecule is CCOC(=O)C1=C(C)N=c2s/c(=C\c3ccc(-c4ccccc4C(=O)O)o3)c(=O)n2C1c1ccc(SC)cc1. The van der Waals surface area contributed by atoms with E-state index in [2.05, 4.69) is 4.99 Å². The van der Waals surface area contributed by atoms with Gasteiger partial charge in [0.05, 0.1) is 34.0 Å². The molecule has 0 radical (unpaired) electrons. The quantitative estimate of drug-likeness (QED) is 0.262. The number of thiazole rings is 1. The number of furan rings is 1. The summed E-state index contributed by atoms with van der Waals surface area (Å²) in [5.41, 5.74) is 1.81. The zero-order valence-electron chi connectivity index (χ0n) is 21.3. The monoisotopic (exact) mass is 560 g/mol. The van der Waals surface area contributed by atoms with Crippen LogP contribution in [0.15, 0.2) is 91.0 Å². The molecule has 1 atom stereocenters. The molecule has 0 spiro atoms. The highest BCUT2D eigenvalue weighted by atomic mass is 32.2. The van der Waals surface area contributed by atoms with Crippen molar-refractivity contribution in [2.45, 2.75) is 24.8 Å². The molecule has 0 bridgehead atoms. The molecule has 198 valence electrons. The first-order valence-electron chi connectivity index (χ1n) is 12.1. The van der Waals surface area contributed by atoms with E-state index in [4.69, 9.17) is 9.15 Å². The Bertz CT molecular complexity index is 1790. The molecule has 5 rings (SSSR count). The van der Waals surface area contributed by atoms with Crippen LogP contribution in [0.2, 0.25) is 0 Å². The number of hydrogen-bond acceptors (Lipinski definition) is 8. The van der Waals surface area contributed by atoms with E-state index >= 15 is 0 Å². The summed E-state index contributed by atoms with van der Waals surface area (Å²) < 4.78 is 13.1. The number of nitrogens with zero attached hydrogens (tertiary/aromatic N) is 2. The fraction of sp³-hybridized carbons (Fsp3) is 0.172. The second-order valence-electron chi connectivity index (χ2n) is 8.63. The maximum atomic E-state index is 13.8. The maximum Gasteiger partial charge on any atom is 0.338 e. The van der Waals surface area contributed by atoms with Gasteiger partial charge in [0.2, 0.25) is 0 Å². The van der Waals surface area contributed by atoms with Crippen molar-refractivity contribution in [1.29, 1.82) is 0 Å². The van der Waals surface area contributed by atoms with Crippen molar-refractivity contribution in [1.82, 2.24) is 4.57 Å². The summed E-state index contributed by atoms with van der Waals surface area (Å²) in [6.07, 6.45) is 3.58. The Morgan fingerprint density at radius 1 is 1.15 bits per heavy atom. The lowest BCUT2D eigenvalue weighted by molar-refractivity contribution is -0.139. The van der Waals surface area contributed by atoms with Gasteiger partial charge in [0, 0.05) is 16.5 Å². The Labute approximate surface area is 231 Å². The normalized spacial score (nSPS) is 15.2. The number of rotatable bonds is 7. The van der Waals surface area contributed by atoms with Gasteiger partial charge in [-0.2, -0.15) is 0 Å². The summed E-state index contributed by atoms with van der Waals surface area (Å²) in [5, 5.41) is 9.52. The molecule has 2 aromatic heterocycles. The van der Waals surface area contributed by atoms with Gasteiger partial charge in [-0.3, -0.25) is 9.36 Å². The largest absolute Gasteiger partial charge is 0.478 e. The fourth-order valence-corrected chi connectivity index (χ4v) is 5.92. The molecule has 2 aromatic carbocycles. The van der Waals surface area contributed by atoms with Gasteiger partial charge in [-0.25, -0.2) is 14.6 Å². The zero-order valence-corrected chi connectivity index (χ0v) is 23.0. The highest BCUT2D eigenvalue weighted by Crippen LogP contribution is 2.32. The van der Waals surface area contributed by atoms with Crippen molar-refractivity contribution < 1.29 is 23.8 Å². The van der Waals surface area contributed by atoms with E-state index in [1.165, 1.54) is 22.0 Å². The Morgan fingerprint density at radius 2 is 1.90 bits per heavy atom. The van der Waals surface area contributed by atoms with Gasteiger partial charge in [-0.1, -0.05) is 41.7 Å². The number of aromatic nitrogens is 1. The minimum Gasteiger partial charge on any atom is -0.478 e. The van der Waals surface area contributed by atoms with Crippen LogP contribution in [0.25, 0.3) is 17.4 Å². The predicted molar refractivity (Wildman–Crippen MR) is 150 cm³/mol. The third-order valence-electron chi connectivity index (χ3n) is 6.27. The molecule has 1 aliphatic rings. The van der Waals surface area contributed by atoms with Crippen LogP contribution in [0.5, 0.6) is 0 Å². The van der Waals surface area contributed by atoms with E-state index in [1.807, 2.05) is 30.5 Å². The van der Waals surface area contributed by atoms with Gasteiger partial charge < -0.3 is 14.3 Å². The predicted octanol–water partition coefficient (Wildman–Crippen LogP) is 4.48. The van der Waals surface area contributed by atoms with Crippen LogP contribution in [-0.4, -0.2) is 34.5 Å². The van der Waals surface area contributed by atoms with Crippen LogP contribution in [0.3, 0.4) is 0 Å². The van der Waals surface area contributed by atoms with Crippen molar-refractivity contribution in [3.8, 4) is 11.3 Å². The summed E-state index contributed by atoms with van der Waals surface area (Å²) in [6.45, 7) is 3.67. The van der Waals surface area contributed by atoms with Crippen molar-refractivity contribution in [3.05, 3.63) is 109 Å². The number of carboxylic acid groups (broad SMARTS) is 1. The smallest absolute Gasteiger partial charge is 0.338 e. The number of fused-ring (bicyclic) bond motifs is 1. The molecule has 1 aliphatic heterocycles. The van der Waals surface area contributed by atoms with Crippen LogP contribution >= 0.6 is 23.1 Å². The number of carboxylic acids is 1. The maximum absolute atomic E-state index is 13.8. The number of carbonyl (C=O) groups is 2. The molecule has 0 aliphatic carbocycles. The van der Waals surface area contributed by atoms with Crippen molar-refractivity contribution >= 4 is 41.1 Å². The minimum absolute atomic E-state index is 0.118.